The van der Waals surface area contributed by atoms with Gasteiger partial charge in [-0.2, -0.15) is 0 Å². The number of piperidine rings is 1. The Hall–Kier alpha value is -3.12. The Kier molecular flexibility index (Phi) is 5.94. The fourth-order valence-corrected chi connectivity index (χ4v) is 5.17. The van der Waals surface area contributed by atoms with Crippen molar-refractivity contribution in [1.82, 2.24) is 14.5 Å². The molecular formula is C27H31N3O3. The normalized spacial score (nSPS) is 18.6. The third kappa shape index (κ3) is 4.27. The van der Waals surface area contributed by atoms with E-state index in [2.05, 4.69) is 34.7 Å². The molecule has 6 nitrogen and oxygen atoms in total. The van der Waals surface area contributed by atoms with E-state index >= 15 is 0 Å². The summed E-state index contributed by atoms with van der Waals surface area (Å²) >= 11 is 0. The molecule has 1 saturated heterocycles. The quantitative estimate of drug-likeness (QED) is 0.619. The van der Waals surface area contributed by atoms with Crippen LogP contribution in [0, 0.1) is 19.8 Å². The Morgan fingerprint density at radius 3 is 2.73 bits per heavy atom. The number of hydrogen-bond donors (Lipinski definition) is 1. The summed E-state index contributed by atoms with van der Waals surface area (Å²) < 4.78 is 7.91. The van der Waals surface area contributed by atoms with Crippen LogP contribution in [0.5, 0.6) is 5.75 Å². The van der Waals surface area contributed by atoms with Gasteiger partial charge in [0.1, 0.15) is 5.75 Å². The number of ether oxygens (including phenoxy) is 1. The number of imidazole rings is 1. The van der Waals surface area contributed by atoms with Gasteiger partial charge in [0.25, 0.3) is 5.91 Å². The number of carbonyl (C=O) groups excluding carboxylic acids is 1. The Labute approximate surface area is 194 Å². The molecule has 1 fully saturated rings. The van der Waals surface area contributed by atoms with E-state index in [1.165, 1.54) is 16.7 Å². The molecule has 2 aromatic carbocycles. The Bertz CT molecular complexity index is 1150. The zero-order valence-electron chi connectivity index (χ0n) is 19.3. The average Bonchev–Trinajstić information content (AvgIpc) is 3.42. The fourth-order valence-electron chi connectivity index (χ4n) is 5.17. The van der Waals surface area contributed by atoms with Gasteiger partial charge in [-0.05, 0) is 67.9 Å². The minimum atomic E-state index is -0.416. The molecule has 33 heavy (non-hydrogen) atoms. The number of carbonyl (C=O) groups is 1. The molecule has 3 aromatic rings. The van der Waals surface area contributed by atoms with Crippen molar-refractivity contribution in [3.05, 3.63) is 71.7 Å². The molecule has 3 heterocycles. The lowest BCUT2D eigenvalue weighted by atomic mass is 9.86. The third-order valence-corrected chi connectivity index (χ3v) is 7.34. The van der Waals surface area contributed by atoms with E-state index in [4.69, 9.17) is 4.74 Å². The number of hydrogen-bond acceptors (Lipinski definition) is 4. The van der Waals surface area contributed by atoms with Gasteiger partial charge in [-0.1, -0.05) is 30.3 Å². The second-order valence-electron chi connectivity index (χ2n) is 9.35. The van der Waals surface area contributed by atoms with Crippen molar-refractivity contribution in [1.29, 1.82) is 0 Å². The van der Waals surface area contributed by atoms with Crippen LogP contribution in [0.3, 0.4) is 0 Å². The van der Waals surface area contributed by atoms with Crippen molar-refractivity contribution in [2.75, 3.05) is 19.7 Å². The number of aliphatic hydroxyl groups excluding tert-OH is 1. The Morgan fingerprint density at radius 1 is 1.15 bits per heavy atom. The van der Waals surface area contributed by atoms with Gasteiger partial charge in [0, 0.05) is 18.7 Å². The predicted octanol–water partition coefficient (Wildman–Crippen LogP) is 4.14. The average molecular weight is 446 g/mol. The number of likely N-dealkylation sites (tertiary alicyclic amines) is 1. The van der Waals surface area contributed by atoms with Crippen molar-refractivity contribution in [3.63, 3.8) is 0 Å². The zero-order valence-corrected chi connectivity index (χ0v) is 19.3. The number of fused-ring (bicyclic) bond motifs is 3. The molecule has 1 aromatic heterocycles. The summed E-state index contributed by atoms with van der Waals surface area (Å²) in [6, 6.07) is 14.4. The summed E-state index contributed by atoms with van der Waals surface area (Å²) in [5.74, 6) is 0.927. The van der Waals surface area contributed by atoms with Gasteiger partial charge >= 0.3 is 0 Å². The fraction of sp³-hybridized carbons (Fsp3) is 0.407. The van der Waals surface area contributed by atoms with E-state index in [1.807, 2.05) is 48.6 Å². The molecule has 2 unspecified atom stereocenters. The van der Waals surface area contributed by atoms with Crippen LogP contribution in [-0.4, -0.2) is 51.3 Å². The first kappa shape index (κ1) is 21.7. The molecule has 1 N–H and O–H groups in total. The second-order valence-corrected chi connectivity index (χ2v) is 9.35. The summed E-state index contributed by atoms with van der Waals surface area (Å²) in [6.45, 7) is 5.47. The second kappa shape index (κ2) is 9.02. The van der Waals surface area contributed by atoms with E-state index in [0.29, 0.717) is 19.5 Å². The maximum Gasteiger partial charge on any atom is 0.260 e. The summed E-state index contributed by atoms with van der Waals surface area (Å²) in [5.41, 5.74) is 5.94. The van der Waals surface area contributed by atoms with Gasteiger partial charge in [0.2, 0.25) is 0 Å². The maximum atomic E-state index is 12.7. The largest absolute Gasteiger partial charge is 0.484 e. The van der Waals surface area contributed by atoms with Crippen molar-refractivity contribution in [2.45, 2.75) is 45.3 Å². The highest BCUT2D eigenvalue weighted by Gasteiger charge is 2.34. The van der Waals surface area contributed by atoms with Crippen LogP contribution in [0.4, 0.5) is 0 Å². The lowest BCUT2D eigenvalue weighted by Gasteiger charge is -2.35. The van der Waals surface area contributed by atoms with Gasteiger partial charge in [-0.3, -0.25) is 4.79 Å². The Morgan fingerprint density at radius 2 is 1.94 bits per heavy atom. The van der Waals surface area contributed by atoms with E-state index in [0.717, 1.165) is 29.8 Å². The first-order valence-electron chi connectivity index (χ1n) is 11.8. The molecular weight excluding hydrogens is 414 g/mol. The molecule has 5 rings (SSSR count). The van der Waals surface area contributed by atoms with Crippen LogP contribution in [-0.2, 0) is 4.79 Å². The van der Waals surface area contributed by atoms with Crippen LogP contribution in [0.15, 0.2) is 55.0 Å². The SMILES string of the molecule is Cc1ccc(OCC(=O)N2CCC(C(O)CC3c4ccccc4-c4cncn43)CC2)cc1C. The number of benzene rings is 2. The smallest absolute Gasteiger partial charge is 0.260 e. The summed E-state index contributed by atoms with van der Waals surface area (Å²) in [7, 11) is 0. The van der Waals surface area contributed by atoms with Crippen molar-refractivity contribution >= 4 is 5.91 Å². The zero-order chi connectivity index (χ0) is 22.9. The lowest BCUT2D eigenvalue weighted by Crippen LogP contribution is -2.43. The van der Waals surface area contributed by atoms with E-state index in [9.17, 15) is 9.90 Å². The number of aryl methyl sites for hydroxylation is 2. The van der Waals surface area contributed by atoms with Crippen molar-refractivity contribution in [3.8, 4) is 17.0 Å². The molecule has 1 amide bonds. The highest BCUT2D eigenvalue weighted by molar-refractivity contribution is 5.77. The molecule has 2 aliphatic heterocycles. The van der Waals surface area contributed by atoms with Crippen LogP contribution in [0.2, 0.25) is 0 Å². The van der Waals surface area contributed by atoms with Crippen LogP contribution >= 0.6 is 0 Å². The van der Waals surface area contributed by atoms with E-state index in [1.54, 1.807) is 0 Å². The van der Waals surface area contributed by atoms with E-state index < -0.39 is 6.10 Å². The highest BCUT2D eigenvalue weighted by Crippen LogP contribution is 2.42. The minimum absolute atomic E-state index is 0.00828. The number of nitrogens with zero attached hydrogens (tertiary/aromatic N) is 3. The Balaban J connectivity index is 1.14. The molecule has 0 spiro atoms. The molecule has 0 aliphatic carbocycles. The molecule has 0 saturated carbocycles. The van der Waals surface area contributed by atoms with Gasteiger partial charge in [0.05, 0.1) is 30.4 Å². The van der Waals surface area contributed by atoms with Crippen LogP contribution in [0.1, 0.15) is 42.0 Å². The minimum Gasteiger partial charge on any atom is -0.484 e. The maximum absolute atomic E-state index is 12.7. The standard InChI is InChI=1S/C27H31N3O3/c1-18-7-8-21(13-19(18)2)33-16-27(32)29-11-9-20(10-12-29)26(31)14-24-22-5-3-4-6-23(22)25-15-28-17-30(24)25/h3-8,13,15,17,20,24,26,31H,9-12,14,16H2,1-2H3. The molecule has 0 radical (unpaired) electrons. The van der Waals surface area contributed by atoms with Crippen molar-refractivity contribution < 1.29 is 14.6 Å². The highest BCUT2D eigenvalue weighted by atomic mass is 16.5. The van der Waals surface area contributed by atoms with Gasteiger partial charge in [0.15, 0.2) is 6.61 Å². The number of aromatic nitrogens is 2. The molecule has 2 atom stereocenters. The number of aliphatic hydroxyl groups is 1. The van der Waals surface area contributed by atoms with Gasteiger partial charge < -0.3 is 19.3 Å². The number of rotatable bonds is 6. The first-order chi connectivity index (χ1) is 16.0. The molecule has 172 valence electrons. The van der Waals surface area contributed by atoms with Crippen LogP contribution in [0.25, 0.3) is 11.3 Å². The lowest BCUT2D eigenvalue weighted by molar-refractivity contribution is -0.135. The van der Waals surface area contributed by atoms with Crippen LogP contribution < -0.4 is 4.74 Å². The first-order valence-corrected chi connectivity index (χ1v) is 11.8. The number of amides is 1. The molecule has 6 heteroatoms. The van der Waals surface area contributed by atoms with E-state index in [-0.39, 0.29) is 24.5 Å². The van der Waals surface area contributed by atoms with Crippen molar-refractivity contribution in [2.24, 2.45) is 5.92 Å². The topological polar surface area (TPSA) is 67.6 Å². The monoisotopic (exact) mass is 445 g/mol. The van der Waals surface area contributed by atoms with Gasteiger partial charge in [-0.15, -0.1) is 0 Å². The third-order valence-electron chi connectivity index (χ3n) is 7.34. The summed E-state index contributed by atoms with van der Waals surface area (Å²) in [4.78, 5) is 18.8. The predicted molar refractivity (Wildman–Crippen MR) is 127 cm³/mol. The molecule has 0 bridgehead atoms. The summed E-state index contributed by atoms with van der Waals surface area (Å²) in [5, 5.41) is 11.1. The van der Waals surface area contributed by atoms with Gasteiger partial charge in [-0.25, -0.2) is 4.98 Å². The summed E-state index contributed by atoms with van der Waals surface area (Å²) in [6.07, 6.45) is 5.62. The molecule has 2 aliphatic rings.